The summed E-state index contributed by atoms with van der Waals surface area (Å²) in [6, 6.07) is -1.11. The maximum atomic E-state index is 11.8. The molecule has 0 saturated carbocycles. The van der Waals surface area contributed by atoms with E-state index in [0.717, 1.165) is 0 Å². The lowest BCUT2D eigenvalue weighted by Gasteiger charge is -2.24. The summed E-state index contributed by atoms with van der Waals surface area (Å²) < 4.78 is 0. The van der Waals surface area contributed by atoms with E-state index in [0.29, 0.717) is 0 Å². The quantitative estimate of drug-likeness (QED) is 0.492. The van der Waals surface area contributed by atoms with E-state index < -0.39 is 35.7 Å². The van der Waals surface area contributed by atoms with Crippen molar-refractivity contribution in [2.75, 3.05) is 0 Å². The van der Waals surface area contributed by atoms with Gasteiger partial charge in [0.2, 0.25) is 5.91 Å². The zero-order valence-electron chi connectivity index (χ0n) is 11.0. The minimum atomic E-state index is -1.62. The molecule has 0 aliphatic rings. The van der Waals surface area contributed by atoms with E-state index in [2.05, 4.69) is 25.9 Å². The molecule has 0 bridgehead atoms. The molecule has 0 aromatic carbocycles. The summed E-state index contributed by atoms with van der Waals surface area (Å²) in [5, 5.41) is 32.8. The largest absolute Gasteiger partial charge is 0.480 e. The Labute approximate surface area is 113 Å². The Kier molecular flexibility index (Phi) is 4.73. The zero-order valence-corrected chi connectivity index (χ0v) is 11.0. The first-order valence-corrected chi connectivity index (χ1v) is 5.83. The first kappa shape index (κ1) is 15.5. The van der Waals surface area contributed by atoms with Gasteiger partial charge in [0.15, 0.2) is 5.82 Å². The maximum absolute atomic E-state index is 11.8. The number of carbonyl (C=O) groups excluding carboxylic acids is 1. The van der Waals surface area contributed by atoms with Gasteiger partial charge >= 0.3 is 11.9 Å². The second kappa shape index (κ2) is 6.08. The van der Waals surface area contributed by atoms with Crippen LogP contribution in [0, 0.1) is 0 Å². The van der Waals surface area contributed by atoms with Crippen molar-refractivity contribution < 1.29 is 24.6 Å². The number of carboxylic acid groups (broad SMARTS) is 2. The summed E-state index contributed by atoms with van der Waals surface area (Å²) in [7, 11) is 0. The molecule has 1 amide bonds. The number of H-pyrrole nitrogens is 1. The molecule has 0 spiro atoms. The molecule has 1 unspecified atom stereocenters. The summed E-state index contributed by atoms with van der Waals surface area (Å²) in [5.41, 5.74) is -1.62. The van der Waals surface area contributed by atoms with E-state index in [-0.39, 0.29) is 12.2 Å². The van der Waals surface area contributed by atoms with Crippen LogP contribution in [0.4, 0.5) is 0 Å². The molecule has 0 aliphatic carbocycles. The van der Waals surface area contributed by atoms with Crippen LogP contribution in [0.3, 0.4) is 0 Å². The van der Waals surface area contributed by atoms with Crippen LogP contribution in [0.2, 0.25) is 0 Å². The van der Waals surface area contributed by atoms with Crippen LogP contribution in [0.25, 0.3) is 0 Å². The highest BCUT2D eigenvalue weighted by Gasteiger charge is 2.44. The number of aliphatic carboxylic acids is 2. The number of nitrogens with zero attached hydrogens (tertiary/aromatic N) is 3. The molecule has 0 aliphatic heterocycles. The lowest BCUT2D eigenvalue weighted by Crippen LogP contribution is -2.45. The standard InChI is InChI=1S/C10H15N5O5/c1-3-10(9(19)20,8-12-14-15-13-8)4-6(16)11-5(2)7(17)18/h5H,3-4H2,1-2H3,(H,11,16)(H,17,18)(H,19,20)(H,12,13,14,15)/t5-,10?/m1/s1. The van der Waals surface area contributed by atoms with Gasteiger partial charge in [-0.3, -0.25) is 14.4 Å². The fourth-order valence-electron chi connectivity index (χ4n) is 1.69. The molecule has 10 heteroatoms. The number of rotatable bonds is 7. The molecule has 2 atom stereocenters. The molecule has 20 heavy (non-hydrogen) atoms. The molecule has 0 radical (unpaired) electrons. The Morgan fingerprint density at radius 2 is 2.05 bits per heavy atom. The summed E-state index contributed by atoms with van der Waals surface area (Å²) >= 11 is 0. The van der Waals surface area contributed by atoms with Crippen molar-refractivity contribution in [3.8, 4) is 0 Å². The maximum Gasteiger partial charge on any atom is 0.325 e. The summed E-state index contributed by atoms with van der Waals surface area (Å²) in [5.74, 6) is -3.24. The van der Waals surface area contributed by atoms with Crippen molar-refractivity contribution in [1.29, 1.82) is 0 Å². The smallest absolute Gasteiger partial charge is 0.325 e. The Morgan fingerprint density at radius 1 is 1.40 bits per heavy atom. The fraction of sp³-hybridized carbons (Fsp3) is 0.600. The monoisotopic (exact) mass is 285 g/mol. The normalized spacial score (nSPS) is 15.1. The van der Waals surface area contributed by atoms with Crippen LogP contribution in [0.5, 0.6) is 0 Å². The first-order chi connectivity index (χ1) is 9.33. The Bertz CT molecular complexity index is 502. The molecule has 1 rings (SSSR count). The van der Waals surface area contributed by atoms with Gasteiger partial charge in [0.25, 0.3) is 0 Å². The number of hydrogen-bond donors (Lipinski definition) is 4. The first-order valence-electron chi connectivity index (χ1n) is 5.83. The lowest BCUT2D eigenvalue weighted by atomic mass is 9.80. The molecule has 1 aromatic heterocycles. The van der Waals surface area contributed by atoms with Crippen LogP contribution in [0.1, 0.15) is 32.5 Å². The third-order valence-electron chi connectivity index (χ3n) is 3.02. The molecule has 10 nitrogen and oxygen atoms in total. The molecule has 0 saturated heterocycles. The minimum absolute atomic E-state index is 0.0503. The molecular formula is C10H15N5O5. The van der Waals surface area contributed by atoms with E-state index >= 15 is 0 Å². The molecule has 1 aromatic rings. The molecule has 110 valence electrons. The number of hydrogen-bond acceptors (Lipinski definition) is 6. The van der Waals surface area contributed by atoms with Gasteiger partial charge in [0.05, 0.1) is 6.42 Å². The van der Waals surface area contributed by atoms with Crippen molar-refractivity contribution in [1.82, 2.24) is 25.9 Å². The van der Waals surface area contributed by atoms with Crippen molar-refractivity contribution in [3.05, 3.63) is 5.82 Å². The van der Waals surface area contributed by atoms with Gasteiger partial charge in [0, 0.05) is 0 Å². The minimum Gasteiger partial charge on any atom is -0.480 e. The molecule has 1 heterocycles. The van der Waals surface area contributed by atoms with Gasteiger partial charge < -0.3 is 15.5 Å². The average molecular weight is 285 g/mol. The van der Waals surface area contributed by atoms with Crippen LogP contribution in [-0.2, 0) is 19.8 Å². The second-order valence-electron chi connectivity index (χ2n) is 4.29. The molecule has 0 fully saturated rings. The number of aromatic nitrogens is 4. The van der Waals surface area contributed by atoms with Gasteiger partial charge in [-0.05, 0) is 23.8 Å². The molecular weight excluding hydrogens is 270 g/mol. The van der Waals surface area contributed by atoms with Crippen LogP contribution >= 0.6 is 0 Å². The van der Waals surface area contributed by atoms with E-state index in [9.17, 15) is 19.5 Å². The highest BCUT2D eigenvalue weighted by molar-refractivity contribution is 5.90. The van der Waals surface area contributed by atoms with Crippen LogP contribution in [0.15, 0.2) is 0 Å². The Hall–Kier alpha value is -2.52. The predicted molar refractivity (Wildman–Crippen MR) is 63.6 cm³/mol. The Morgan fingerprint density at radius 3 is 2.45 bits per heavy atom. The third-order valence-corrected chi connectivity index (χ3v) is 3.02. The van der Waals surface area contributed by atoms with E-state index in [4.69, 9.17) is 5.11 Å². The average Bonchev–Trinajstić information content (AvgIpc) is 2.89. The van der Waals surface area contributed by atoms with Gasteiger partial charge in [-0.2, -0.15) is 0 Å². The van der Waals surface area contributed by atoms with Crippen LogP contribution < -0.4 is 5.32 Å². The highest BCUT2D eigenvalue weighted by atomic mass is 16.4. The summed E-state index contributed by atoms with van der Waals surface area (Å²) in [6.45, 7) is 2.86. The van der Waals surface area contributed by atoms with Crippen molar-refractivity contribution in [3.63, 3.8) is 0 Å². The van der Waals surface area contributed by atoms with E-state index in [1.807, 2.05) is 0 Å². The SMILES string of the molecule is CCC(CC(=O)N[C@H](C)C(=O)O)(C(=O)O)c1nnn[nH]1. The van der Waals surface area contributed by atoms with Crippen LogP contribution in [-0.4, -0.2) is 54.7 Å². The van der Waals surface area contributed by atoms with Crippen molar-refractivity contribution in [2.45, 2.75) is 38.1 Å². The fourth-order valence-corrected chi connectivity index (χ4v) is 1.69. The Balaban J connectivity index is 2.95. The van der Waals surface area contributed by atoms with Crippen molar-refractivity contribution in [2.24, 2.45) is 0 Å². The summed E-state index contributed by atoms with van der Waals surface area (Å²) in [4.78, 5) is 34.0. The van der Waals surface area contributed by atoms with Crippen molar-refractivity contribution >= 4 is 17.8 Å². The second-order valence-corrected chi connectivity index (χ2v) is 4.29. The molecule has 4 N–H and O–H groups in total. The van der Waals surface area contributed by atoms with Gasteiger partial charge in [0.1, 0.15) is 11.5 Å². The van der Waals surface area contributed by atoms with Gasteiger partial charge in [-0.15, -0.1) is 5.10 Å². The number of tetrazole rings is 1. The third kappa shape index (κ3) is 3.08. The van der Waals surface area contributed by atoms with Gasteiger partial charge in [-0.25, -0.2) is 5.10 Å². The number of aromatic amines is 1. The predicted octanol–water partition coefficient (Wildman–Crippen LogP) is -1.09. The van der Waals surface area contributed by atoms with E-state index in [1.165, 1.54) is 6.92 Å². The lowest BCUT2D eigenvalue weighted by molar-refractivity contribution is -0.147. The highest BCUT2D eigenvalue weighted by Crippen LogP contribution is 2.29. The topological polar surface area (TPSA) is 158 Å². The van der Waals surface area contributed by atoms with E-state index in [1.54, 1.807) is 6.92 Å². The zero-order chi connectivity index (χ0) is 15.3. The number of amides is 1. The number of carboxylic acids is 2. The number of carbonyl (C=O) groups is 3. The van der Waals surface area contributed by atoms with Gasteiger partial charge in [-0.1, -0.05) is 6.92 Å². The number of nitrogens with one attached hydrogen (secondary N) is 2. The summed E-state index contributed by atoms with van der Waals surface area (Å²) in [6.07, 6.45) is -0.401.